The van der Waals surface area contributed by atoms with Crippen LogP contribution in [0.3, 0.4) is 0 Å². The van der Waals surface area contributed by atoms with Crippen molar-refractivity contribution in [2.45, 2.75) is 12.5 Å². The van der Waals surface area contributed by atoms with Gasteiger partial charge in [0.2, 0.25) is 0 Å². The van der Waals surface area contributed by atoms with Gasteiger partial charge in [-0.15, -0.1) is 0 Å². The molecule has 0 saturated carbocycles. The molecule has 2 nitrogen and oxygen atoms in total. The lowest BCUT2D eigenvalue weighted by atomic mass is 9.99. The van der Waals surface area contributed by atoms with Crippen LogP contribution in [-0.4, -0.2) is 0 Å². The summed E-state index contributed by atoms with van der Waals surface area (Å²) >= 11 is 12.4. The Bertz CT molecular complexity index is 494. The number of hydrogen-bond donors (Lipinski definition) is 2. The number of hydrogen-bond acceptors (Lipinski definition) is 2. The van der Waals surface area contributed by atoms with E-state index >= 15 is 0 Å². The molecule has 1 atom stereocenters. The summed E-state index contributed by atoms with van der Waals surface area (Å²) in [5.74, 6) is 5.62. The smallest absolute Gasteiger partial charge is 0.0529 e. The monoisotopic (exact) mass is 280 g/mol. The van der Waals surface area contributed by atoms with Gasteiger partial charge in [0.05, 0.1) is 6.04 Å². The molecule has 0 aliphatic rings. The highest BCUT2D eigenvalue weighted by atomic mass is 35.5. The average Bonchev–Trinajstić information content (AvgIpc) is 2.38. The first-order chi connectivity index (χ1) is 8.72. The van der Waals surface area contributed by atoms with Gasteiger partial charge in [0, 0.05) is 15.6 Å². The molecule has 0 bridgehead atoms. The van der Waals surface area contributed by atoms with Gasteiger partial charge < -0.3 is 0 Å². The summed E-state index contributed by atoms with van der Waals surface area (Å²) in [4.78, 5) is 0. The lowest BCUT2D eigenvalue weighted by Crippen LogP contribution is -2.30. The van der Waals surface area contributed by atoms with Gasteiger partial charge >= 0.3 is 0 Å². The van der Waals surface area contributed by atoms with E-state index in [9.17, 15) is 0 Å². The van der Waals surface area contributed by atoms with Crippen LogP contribution < -0.4 is 11.3 Å². The topological polar surface area (TPSA) is 38.0 Å². The fourth-order valence-electron chi connectivity index (χ4n) is 1.94. The predicted molar refractivity (Wildman–Crippen MR) is 76.7 cm³/mol. The van der Waals surface area contributed by atoms with Crippen LogP contribution in [0.5, 0.6) is 0 Å². The van der Waals surface area contributed by atoms with Crippen molar-refractivity contribution < 1.29 is 0 Å². The second-order valence-corrected chi connectivity index (χ2v) is 4.86. The van der Waals surface area contributed by atoms with Crippen molar-refractivity contribution in [2.24, 2.45) is 5.84 Å². The molecule has 4 heteroatoms. The first-order valence-electron chi connectivity index (χ1n) is 5.66. The average molecular weight is 281 g/mol. The van der Waals surface area contributed by atoms with Gasteiger partial charge in [0.25, 0.3) is 0 Å². The van der Waals surface area contributed by atoms with Crippen LogP contribution in [0.2, 0.25) is 10.0 Å². The molecule has 2 aromatic carbocycles. The number of halogens is 2. The van der Waals surface area contributed by atoms with Crippen LogP contribution in [-0.2, 0) is 6.42 Å². The third-order valence-corrected chi connectivity index (χ3v) is 3.49. The normalized spacial score (nSPS) is 12.4. The van der Waals surface area contributed by atoms with Gasteiger partial charge in [-0.1, -0.05) is 59.6 Å². The summed E-state index contributed by atoms with van der Waals surface area (Å²) in [7, 11) is 0. The van der Waals surface area contributed by atoms with Gasteiger partial charge in [-0.2, -0.15) is 0 Å². The highest BCUT2D eigenvalue weighted by Crippen LogP contribution is 2.31. The second-order valence-electron chi connectivity index (χ2n) is 4.04. The zero-order chi connectivity index (χ0) is 13.0. The Morgan fingerprint density at radius 1 is 0.944 bits per heavy atom. The number of hydrazine groups is 1. The van der Waals surface area contributed by atoms with E-state index in [1.54, 1.807) is 0 Å². The Morgan fingerprint density at radius 2 is 1.56 bits per heavy atom. The minimum atomic E-state index is -0.103. The molecule has 0 aliphatic heterocycles. The molecule has 0 fully saturated rings. The SMILES string of the molecule is NNC(Cc1ccccc1)c1c(Cl)cccc1Cl. The second kappa shape index (κ2) is 6.21. The molecule has 0 aliphatic carbocycles. The Morgan fingerprint density at radius 3 is 2.11 bits per heavy atom. The standard InChI is InChI=1S/C14H14Cl2N2/c15-11-7-4-8-12(16)14(11)13(18-17)9-10-5-2-1-3-6-10/h1-8,13,18H,9,17H2. The highest BCUT2D eigenvalue weighted by Gasteiger charge is 2.17. The lowest BCUT2D eigenvalue weighted by Gasteiger charge is -2.19. The first-order valence-corrected chi connectivity index (χ1v) is 6.42. The fraction of sp³-hybridized carbons (Fsp3) is 0.143. The van der Waals surface area contributed by atoms with E-state index in [-0.39, 0.29) is 6.04 Å². The minimum absolute atomic E-state index is 0.103. The molecule has 0 saturated heterocycles. The number of nitrogens with one attached hydrogen (secondary N) is 1. The minimum Gasteiger partial charge on any atom is -0.271 e. The van der Waals surface area contributed by atoms with E-state index < -0.39 is 0 Å². The van der Waals surface area contributed by atoms with Crippen molar-refractivity contribution >= 4 is 23.2 Å². The van der Waals surface area contributed by atoms with Crippen LogP contribution in [0.1, 0.15) is 17.2 Å². The Balaban J connectivity index is 2.29. The van der Waals surface area contributed by atoms with Crippen molar-refractivity contribution in [3.63, 3.8) is 0 Å². The molecule has 2 aromatic rings. The summed E-state index contributed by atoms with van der Waals surface area (Å²) in [5.41, 5.74) is 4.80. The molecule has 0 amide bonds. The van der Waals surface area contributed by atoms with E-state index in [2.05, 4.69) is 17.6 Å². The Hall–Kier alpha value is -1.06. The van der Waals surface area contributed by atoms with Crippen LogP contribution in [0.15, 0.2) is 48.5 Å². The predicted octanol–water partition coefficient (Wildman–Crippen LogP) is 3.74. The number of rotatable bonds is 4. The van der Waals surface area contributed by atoms with Crippen LogP contribution in [0, 0.1) is 0 Å². The molecular weight excluding hydrogens is 267 g/mol. The largest absolute Gasteiger partial charge is 0.271 e. The van der Waals surface area contributed by atoms with Gasteiger partial charge in [-0.25, -0.2) is 0 Å². The zero-order valence-electron chi connectivity index (χ0n) is 9.74. The molecule has 0 spiro atoms. The zero-order valence-corrected chi connectivity index (χ0v) is 11.2. The van der Waals surface area contributed by atoms with Gasteiger partial charge in [-0.3, -0.25) is 11.3 Å². The van der Waals surface area contributed by atoms with E-state index in [0.29, 0.717) is 10.0 Å². The summed E-state index contributed by atoms with van der Waals surface area (Å²) < 4.78 is 0. The quantitative estimate of drug-likeness (QED) is 0.661. The van der Waals surface area contributed by atoms with Crippen molar-refractivity contribution in [2.75, 3.05) is 0 Å². The Labute approximate surface area is 117 Å². The molecule has 0 aromatic heterocycles. The van der Waals surface area contributed by atoms with E-state index in [1.807, 2.05) is 36.4 Å². The van der Waals surface area contributed by atoms with E-state index in [0.717, 1.165) is 12.0 Å². The van der Waals surface area contributed by atoms with Crippen molar-refractivity contribution in [3.05, 3.63) is 69.7 Å². The van der Waals surface area contributed by atoms with E-state index in [4.69, 9.17) is 29.0 Å². The molecule has 1 unspecified atom stereocenters. The maximum absolute atomic E-state index is 6.19. The molecular formula is C14H14Cl2N2. The first kappa shape index (κ1) is 13.4. The Kier molecular flexibility index (Phi) is 4.61. The van der Waals surface area contributed by atoms with E-state index in [1.165, 1.54) is 5.56 Å². The molecule has 18 heavy (non-hydrogen) atoms. The third-order valence-electron chi connectivity index (χ3n) is 2.83. The van der Waals surface area contributed by atoms with Crippen molar-refractivity contribution in [1.29, 1.82) is 0 Å². The van der Waals surface area contributed by atoms with Crippen molar-refractivity contribution in [1.82, 2.24) is 5.43 Å². The van der Waals surface area contributed by atoms with Gasteiger partial charge in [0.1, 0.15) is 0 Å². The fourth-order valence-corrected chi connectivity index (χ4v) is 2.60. The molecule has 2 rings (SSSR count). The van der Waals surface area contributed by atoms with Gasteiger partial charge in [0.15, 0.2) is 0 Å². The molecule has 0 radical (unpaired) electrons. The summed E-state index contributed by atoms with van der Waals surface area (Å²) in [5, 5.41) is 1.25. The number of nitrogens with two attached hydrogens (primary N) is 1. The molecule has 94 valence electrons. The summed E-state index contributed by atoms with van der Waals surface area (Å²) in [6.07, 6.45) is 0.737. The third kappa shape index (κ3) is 3.03. The summed E-state index contributed by atoms with van der Waals surface area (Å²) in [6.45, 7) is 0. The lowest BCUT2D eigenvalue weighted by molar-refractivity contribution is 0.552. The van der Waals surface area contributed by atoms with Crippen LogP contribution >= 0.6 is 23.2 Å². The number of benzene rings is 2. The van der Waals surface area contributed by atoms with Crippen LogP contribution in [0.4, 0.5) is 0 Å². The molecule has 0 heterocycles. The molecule has 3 N–H and O–H groups in total. The summed E-state index contributed by atoms with van der Waals surface area (Å²) in [6, 6.07) is 15.4. The van der Waals surface area contributed by atoms with Gasteiger partial charge in [-0.05, 0) is 24.1 Å². The highest BCUT2D eigenvalue weighted by molar-refractivity contribution is 6.36. The maximum Gasteiger partial charge on any atom is 0.0529 e. The maximum atomic E-state index is 6.19. The van der Waals surface area contributed by atoms with Crippen LogP contribution in [0.25, 0.3) is 0 Å². The van der Waals surface area contributed by atoms with Crippen molar-refractivity contribution in [3.8, 4) is 0 Å².